The van der Waals surface area contributed by atoms with E-state index in [0.717, 1.165) is 24.3 Å². The molecule has 0 aliphatic heterocycles. The molecule has 0 spiro atoms. The number of nitrogens with one attached hydrogen (secondary N) is 3. The minimum absolute atomic E-state index is 0.167. The molecule has 264 valence electrons. The molecule has 0 atom stereocenters. The summed E-state index contributed by atoms with van der Waals surface area (Å²) >= 11 is 0. The molecule has 0 unspecified atom stereocenters. The summed E-state index contributed by atoms with van der Waals surface area (Å²) in [5.41, 5.74) is 11.4. The largest absolute Gasteiger partial charge is 0.473 e. The van der Waals surface area contributed by atoms with Gasteiger partial charge in [-0.1, -0.05) is 60.7 Å². The van der Waals surface area contributed by atoms with Gasteiger partial charge in [0.1, 0.15) is 0 Å². The number of benzene rings is 2. The van der Waals surface area contributed by atoms with Crippen LogP contribution in [0.15, 0.2) is 65.8 Å². The molecule has 0 radical (unpaired) electrons. The predicted molar refractivity (Wildman–Crippen MR) is 180 cm³/mol. The van der Waals surface area contributed by atoms with Crippen LogP contribution in [-0.4, -0.2) is 80.2 Å². The van der Waals surface area contributed by atoms with Gasteiger partial charge in [-0.2, -0.15) is 0 Å². The van der Waals surface area contributed by atoms with E-state index < -0.39 is 17.8 Å². The molecule has 0 heterocycles. The number of carbonyl (C=O) groups excluding carboxylic acids is 4. The first kappa shape index (κ1) is 46.6. The maximum Gasteiger partial charge on any atom is 0.393 e. The van der Waals surface area contributed by atoms with Gasteiger partial charge in [-0.3, -0.25) is 20.4 Å². The van der Waals surface area contributed by atoms with Crippen molar-refractivity contribution >= 4 is 35.5 Å². The molecule has 2 amide bonds. The van der Waals surface area contributed by atoms with Crippen LogP contribution in [0.5, 0.6) is 0 Å². The second-order valence-electron chi connectivity index (χ2n) is 8.23. The first-order valence-corrected chi connectivity index (χ1v) is 14.9. The molecule has 15 nitrogen and oxygen atoms in total. The lowest BCUT2D eigenvalue weighted by atomic mass is 10.1. The predicted octanol–water partition coefficient (Wildman–Crippen LogP) is 2.00. The number of hydrazone groups is 1. The first-order chi connectivity index (χ1) is 22.5. The van der Waals surface area contributed by atoms with E-state index in [4.69, 9.17) is 26.8 Å². The lowest BCUT2D eigenvalue weighted by molar-refractivity contribution is -0.137. The Morgan fingerprint density at radius 3 is 1.47 bits per heavy atom. The van der Waals surface area contributed by atoms with Crippen molar-refractivity contribution in [3.05, 3.63) is 71.8 Å². The van der Waals surface area contributed by atoms with E-state index in [-0.39, 0.29) is 43.9 Å². The Morgan fingerprint density at radius 1 is 0.702 bits per heavy atom. The molecule has 0 aliphatic rings. The third-order valence-electron chi connectivity index (χ3n) is 4.52. The summed E-state index contributed by atoms with van der Waals surface area (Å²) in [5, 5.41) is 17.9. The highest BCUT2D eigenvalue weighted by Crippen LogP contribution is 1.99. The van der Waals surface area contributed by atoms with E-state index in [1.54, 1.807) is 27.7 Å². The zero-order valence-corrected chi connectivity index (χ0v) is 28.2. The third-order valence-corrected chi connectivity index (χ3v) is 4.52. The SMILES string of the molecule is CCO.CCOC(=N)C(=O)OCC.CCOC(=O)/C(N)=N/NC(=O)Cc1ccccc1.CCOCC.NNC(=O)Cc1ccccc1. The summed E-state index contributed by atoms with van der Waals surface area (Å²) < 4.78 is 18.5. The van der Waals surface area contributed by atoms with Crippen molar-refractivity contribution in [2.45, 2.75) is 54.4 Å². The van der Waals surface area contributed by atoms with Crippen LogP contribution in [0.25, 0.3) is 0 Å². The van der Waals surface area contributed by atoms with Crippen molar-refractivity contribution in [2.24, 2.45) is 16.7 Å². The topological polar surface area (TPSA) is 238 Å². The van der Waals surface area contributed by atoms with Gasteiger partial charge < -0.3 is 29.8 Å². The van der Waals surface area contributed by atoms with Gasteiger partial charge in [0, 0.05) is 19.8 Å². The monoisotopic (exact) mass is 664 g/mol. The average Bonchev–Trinajstić information content (AvgIpc) is 3.06. The van der Waals surface area contributed by atoms with Gasteiger partial charge >= 0.3 is 11.9 Å². The van der Waals surface area contributed by atoms with Crippen LogP contribution in [0, 0.1) is 5.41 Å². The Kier molecular flexibility index (Phi) is 33.7. The van der Waals surface area contributed by atoms with E-state index in [1.807, 2.05) is 74.5 Å². The van der Waals surface area contributed by atoms with E-state index in [2.05, 4.69) is 30.2 Å². The van der Waals surface area contributed by atoms with Crippen LogP contribution in [0.2, 0.25) is 0 Å². The highest BCUT2D eigenvalue weighted by Gasteiger charge is 2.10. The maximum atomic E-state index is 11.5. The fourth-order valence-electron chi connectivity index (χ4n) is 2.63. The summed E-state index contributed by atoms with van der Waals surface area (Å²) in [6.07, 6.45) is 0.512. The molecule has 0 aliphatic carbocycles. The normalized spacial score (nSPS) is 9.40. The van der Waals surface area contributed by atoms with E-state index in [1.165, 1.54) is 0 Å². The Morgan fingerprint density at radius 2 is 1.11 bits per heavy atom. The minimum Gasteiger partial charge on any atom is -0.473 e. The number of aliphatic hydroxyl groups is 1. The van der Waals surface area contributed by atoms with Crippen LogP contribution >= 0.6 is 0 Å². The van der Waals surface area contributed by atoms with E-state index >= 15 is 0 Å². The fraction of sp³-hybridized carbons (Fsp3) is 0.438. The number of hydrogen-bond donors (Lipinski definition) is 6. The number of hydrogen-bond acceptors (Lipinski definition) is 12. The number of hydrazine groups is 1. The first-order valence-electron chi connectivity index (χ1n) is 14.9. The fourth-order valence-corrected chi connectivity index (χ4v) is 2.63. The third kappa shape index (κ3) is 30.9. The quantitative estimate of drug-likeness (QED) is 0.0536. The number of nitrogens with zero attached hydrogens (tertiary/aromatic N) is 1. The van der Waals surface area contributed by atoms with Gasteiger partial charge in [0.25, 0.3) is 5.90 Å². The number of nitrogens with two attached hydrogens (primary N) is 2. The molecule has 2 rings (SSSR count). The highest BCUT2D eigenvalue weighted by atomic mass is 16.6. The Hall–Kier alpha value is -4.86. The summed E-state index contributed by atoms with van der Waals surface area (Å²) in [6, 6.07) is 18.6. The van der Waals surface area contributed by atoms with Gasteiger partial charge in [-0.05, 0) is 52.7 Å². The van der Waals surface area contributed by atoms with Crippen LogP contribution < -0.4 is 22.4 Å². The molecule has 2 aromatic carbocycles. The lowest BCUT2D eigenvalue weighted by Gasteiger charge is -2.02. The lowest BCUT2D eigenvalue weighted by Crippen LogP contribution is -2.31. The molecule has 15 heteroatoms. The molecule has 0 aromatic heterocycles. The molecule has 0 saturated carbocycles. The number of carbonyl (C=O) groups is 4. The van der Waals surface area contributed by atoms with Crippen LogP contribution in [-0.2, 0) is 51.0 Å². The van der Waals surface area contributed by atoms with Crippen LogP contribution in [0.3, 0.4) is 0 Å². The summed E-state index contributed by atoms with van der Waals surface area (Å²) in [7, 11) is 0. The van der Waals surface area contributed by atoms with Crippen molar-refractivity contribution in [1.82, 2.24) is 10.9 Å². The molecule has 47 heavy (non-hydrogen) atoms. The van der Waals surface area contributed by atoms with Gasteiger partial charge in [0.2, 0.25) is 17.6 Å². The molecule has 0 bridgehead atoms. The van der Waals surface area contributed by atoms with Crippen molar-refractivity contribution in [3.8, 4) is 0 Å². The maximum absolute atomic E-state index is 11.5. The Labute approximate surface area is 277 Å². The van der Waals surface area contributed by atoms with Crippen molar-refractivity contribution < 1.29 is 43.2 Å². The average molecular weight is 665 g/mol. The second kappa shape index (κ2) is 34.0. The van der Waals surface area contributed by atoms with Gasteiger partial charge in [0.15, 0.2) is 0 Å². The number of aliphatic hydroxyl groups excluding tert-OH is 1. The summed E-state index contributed by atoms with van der Waals surface area (Å²) in [4.78, 5) is 43.9. The Bertz CT molecular complexity index is 1120. The van der Waals surface area contributed by atoms with Crippen LogP contribution in [0.4, 0.5) is 0 Å². The number of amidine groups is 1. The van der Waals surface area contributed by atoms with Gasteiger partial charge in [-0.25, -0.2) is 20.9 Å². The summed E-state index contributed by atoms with van der Waals surface area (Å²) in [5.74, 6) is 2.14. The second-order valence-corrected chi connectivity index (χ2v) is 8.23. The molecule has 0 saturated heterocycles. The molecular formula is C32H52N6O9. The zero-order valence-electron chi connectivity index (χ0n) is 28.2. The minimum atomic E-state index is -0.752. The van der Waals surface area contributed by atoms with Gasteiger partial charge in [-0.15, -0.1) is 5.10 Å². The molecule has 2 aromatic rings. The molecule has 8 N–H and O–H groups in total. The van der Waals surface area contributed by atoms with Crippen LogP contribution in [0.1, 0.15) is 52.7 Å². The number of rotatable bonds is 10. The smallest absolute Gasteiger partial charge is 0.393 e. The highest BCUT2D eigenvalue weighted by molar-refractivity contribution is 6.34. The molecular weight excluding hydrogens is 612 g/mol. The van der Waals surface area contributed by atoms with E-state index in [0.29, 0.717) is 13.0 Å². The standard InChI is InChI=1S/C12H15N3O3.C8H10N2O.C6H11NO3.C4H10O.C2H6O/c1-2-18-12(17)11(13)15-14-10(16)8-9-6-4-3-5-7-9;9-10-8(11)6-7-4-2-1-3-5-7;1-3-9-5(7)6(8)10-4-2;1-3-5-4-2;1-2-3/h3-7H,2,8H2,1H3,(H2,13,15)(H,14,16);1-5H,6,9H2,(H,10,11);7H,3-4H2,1-2H3;3-4H2,1-2H3;3H,2H2,1H3. The van der Waals surface area contributed by atoms with E-state index in [9.17, 15) is 19.2 Å². The number of amides is 2. The number of ether oxygens (including phenoxy) is 4. The van der Waals surface area contributed by atoms with Crippen molar-refractivity contribution in [3.63, 3.8) is 0 Å². The summed E-state index contributed by atoms with van der Waals surface area (Å²) in [6.45, 7) is 13.4. The van der Waals surface area contributed by atoms with Gasteiger partial charge in [0.05, 0.1) is 32.7 Å². The number of esters is 2. The van der Waals surface area contributed by atoms with Crippen molar-refractivity contribution in [1.29, 1.82) is 5.41 Å². The molecule has 0 fully saturated rings. The zero-order chi connectivity index (χ0) is 36.3. The Balaban J connectivity index is -0.000000576. The van der Waals surface area contributed by atoms with Crippen molar-refractivity contribution in [2.75, 3.05) is 39.6 Å².